The molecule has 0 unspecified atom stereocenters. The molecule has 20 rings (SSSR count). The molecule has 0 fully saturated rings. The van der Waals surface area contributed by atoms with Gasteiger partial charge in [-0.05, 0) is 307 Å². The Morgan fingerprint density at radius 1 is 0.119 bits per heavy atom. The first-order valence-corrected chi connectivity index (χ1v) is 35.2. The number of aryl methyl sites for hydroxylation is 10. The van der Waals surface area contributed by atoms with Crippen LogP contribution < -0.4 is 0 Å². The van der Waals surface area contributed by atoms with E-state index in [1.807, 2.05) is 0 Å². The Kier molecular flexibility index (Phi) is 17.3. The quantitative estimate of drug-likeness (QED) is 0.105. The third-order valence-electron chi connectivity index (χ3n) is 21.1. The Morgan fingerprint density at radius 2 is 0.327 bits per heavy atom. The fourth-order valence-electron chi connectivity index (χ4n) is 15.6. The summed E-state index contributed by atoms with van der Waals surface area (Å²) in [5.41, 5.74) is 13.3. The average Bonchev–Trinajstić information content (AvgIpc) is 0.781. The van der Waals surface area contributed by atoms with Gasteiger partial charge in [0.1, 0.15) is 0 Å². The lowest BCUT2D eigenvalue weighted by Gasteiger charge is -2.09. The van der Waals surface area contributed by atoms with Crippen LogP contribution in [0.5, 0.6) is 0 Å². The van der Waals surface area contributed by atoms with E-state index in [9.17, 15) is 0 Å². The highest BCUT2D eigenvalue weighted by molar-refractivity contribution is 6.20. The average molecular weight is 1300 g/mol. The van der Waals surface area contributed by atoms with E-state index in [-0.39, 0.29) is 7.43 Å². The summed E-state index contributed by atoms with van der Waals surface area (Å²) in [7, 11) is 0. The second-order valence-electron chi connectivity index (χ2n) is 28.3. The summed E-state index contributed by atoms with van der Waals surface area (Å²) in [6.45, 7) is 21.7. The van der Waals surface area contributed by atoms with Gasteiger partial charge in [0.15, 0.2) is 0 Å². The highest BCUT2D eigenvalue weighted by atomic mass is 14.2. The fraction of sp³-hybridized carbons (Fsp3) is 0.109. The van der Waals surface area contributed by atoms with E-state index in [0.29, 0.717) is 0 Å². The molecule has 101 heavy (non-hydrogen) atoms. The minimum absolute atomic E-state index is 0. The molecule has 0 amide bonds. The first-order valence-electron chi connectivity index (χ1n) is 35.2. The van der Waals surface area contributed by atoms with Crippen LogP contribution in [0.15, 0.2) is 303 Å². The van der Waals surface area contributed by atoms with Gasteiger partial charge in [-0.2, -0.15) is 0 Å². The van der Waals surface area contributed by atoms with E-state index in [0.717, 1.165) is 0 Å². The Balaban J connectivity index is 0.000000102. The molecule has 0 heteroatoms. The highest BCUT2D eigenvalue weighted by Gasteiger charge is 2.11. The van der Waals surface area contributed by atoms with E-state index >= 15 is 0 Å². The van der Waals surface area contributed by atoms with Gasteiger partial charge >= 0.3 is 0 Å². The van der Waals surface area contributed by atoms with Crippen LogP contribution in [0.4, 0.5) is 0 Å². The molecule has 0 aromatic heterocycles. The molecule has 0 atom stereocenters. The molecule has 0 bridgehead atoms. The molecule has 20 aromatic carbocycles. The maximum Gasteiger partial charge on any atom is -0.00989 e. The van der Waals surface area contributed by atoms with Gasteiger partial charge in [0.25, 0.3) is 0 Å². The van der Waals surface area contributed by atoms with E-state index in [4.69, 9.17) is 0 Å². The highest BCUT2D eigenvalue weighted by Crippen LogP contribution is 2.38. The van der Waals surface area contributed by atoms with Crippen molar-refractivity contribution >= 4 is 162 Å². The SMILES string of the molecule is C.Cc1ccc2c(ccc3c4ccc(C)cc4ccc23)c1.Cc1ccc2ccc3c4cc(C)ccc4ccc3c2c1.Cc1ccc2ccc3c4cccc(C)c4ccc3c2c1.Cc1cccc2cc3cc4c(C)cccc4cc3cc12.Cc1cccc2cc3cc4cccc(C)c4cc3cc12. The second kappa shape index (κ2) is 26.9. The summed E-state index contributed by atoms with van der Waals surface area (Å²) < 4.78 is 0. The van der Waals surface area contributed by atoms with Crippen LogP contribution in [0, 0.1) is 69.2 Å². The van der Waals surface area contributed by atoms with Crippen molar-refractivity contribution in [1.82, 2.24) is 0 Å². The number of rotatable bonds is 0. The molecule has 0 heterocycles. The molecular weight excluding hydrogens is 1210 g/mol. The Labute approximate surface area is 593 Å². The summed E-state index contributed by atoms with van der Waals surface area (Å²) in [6, 6.07) is 112. The molecule has 0 aliphatic rings. The topological polar surface area (TPSA) is 0 Å². The maximum atomic E-state index is 2.33. The Bertz CT molecular complexity index is 6240. The largest absolute Gasteiger partial charge is 0.0776 e. The van der Waals surface area contributed by atoms with Gasteiger partial charge in [0, 0.05) is 0 Å². The first-order chi connectivity index (χ1) is 48.6. The maximum absolute atomic E-state index is 2.33. The summed E-state index contributed by atoms with van der Waals surface area (Å²) in [4.78, 5) is 0. The van der Waals surface area contributed by atoms with Crippen LogP contribution in [0.25, 0.3) is 162 Å². The summed E-state index contributed by atoms with van der Waals surface area (Å²) in [6.07, 6.45) is 0. The zero-order valence-corrected chi connectivity index (χ0v) is 58.9. The summed E-state index contributed by atoms with van der Waals surface area (Å²) in [5.74, 6) is 0. The minimum Gasteiger partial charge on any atom is -0.0776 e. The van der Waals surface area contributed by atoms with Crippen LogP contribution in [0.3, 0.4) is 0 Å². The van der Waals surface area contributed by atoms with Crippen LogP contribution >= 0.6 is 0 Å². The molecule has 0 spiro atoms. The number of hydrogen-bond donors (Lipinski definition) is 0. The van der Waals surface area contributed by atoms with Crippen molar-refractivity contribution in [1.29, 1.82) is 0 Å². The number of hydrogen-bond acceptors (Lipinski definition) is 0. The van der Waals surface area contributed by atoms with Crippen LogP contribution in [0.2, 0.25) is 0 Å². The normalized spacial score (nSPS) is 11.4. The van der Waals surface area contributed by atoms with Gasteiger partial charge in [-0.3, -0.25) is 0 Å². The predicted molar refractivity (Wildman–Crippen MR) is 449 cm³/mol. The van der Waals surface area contributed by atoms with E-state index in [1.165, 1.54) is 217 Å². The molecule has 0 saturated carbocycles. The standard InChI is InChI=1S/5C20H16.CH4/c1-13-3-7-17-15(11-13)5-9-20-18-8-4-14(2)12-16(18)6-10-19(17)20;1-13-3-5-15-7-10-18-17(19(15)11-13)9-8-16-6-4-14(2)12-20(16)18;1-13-5-3-7-15-9-18-12-20-14(2)6-4-8-16(20)10-17(18)11-19(13)15;1-13-5-3-7-15-9-17-10-16-8-4-6-14(2)20(16)12-18(17)11-19(13)15;1-13-6-7-15-8-9-18-17-5-3-4-14(2)16(17)10-11-19(18)20(15)12-13;/h5*3-12H,1-2H3;1H4. The predicted octanol–water partition coefficient (Wildman–Crippen LogP) is 29.5. The lowest BCUT2D eigenvalue weighted by Crippen LogP contribution is -1.83. The smallest absolute Gasteiger partial charge is 0.00989 e. The van der Waals surface area contributed by atoms with Crippen molar-refractivity contribution in [3.8, 4) is 0 Å². The third-order valence-corrected chi connectivity index (χ3v) is 21.1. The molecule has 0 nitrogen and oxygen atoms in total. The Morgan fingerprint density at radius 3 is 0.683 bits per heavy atom. The molecule has 20 aromatic rings. The monoisotopic (exact) mass is 1300 g/mol. The number of benzene rings is 20. The summed E-state index contributed by atoms with van der Waals surface area (Å²) in [5, 5.41) is 40.1. The molecule has 0 aliphatic heterocycles. The van der Waals surface area contributed by atoms with Gasteiger partial charge in [-0.15, -0.1) is 0 Å². The zero-order valence-electron chi connectivity index (χ0n) is 58.9. The minimum atomic E-state index is 0. The Hall–Kier alpha value is -11.7. The second-order valence-corrected chi connectivity index (χ2v) is 28.3. The van der Waals surface area contributed by atoms with Crippen molar-refractivity contribution in [3.05, 3.63) is 359 Å². The van der Waals surface area contributed by atoms with Crippen molar-refractivity contribution < 1.29 is 0 Å². The molecule has 0 saturated heterocycles. The summed E-state index contributed by atoms with van der Waals surface area (Å²) >= 11 is 0. The van der Waals surface area contributed by atoms with Crippen molar-refractivity contribution in [2.45, 2.75) is 76.7 Å². The van der Waals surface area contributed by atoms with Crippen LogP contribution in [-0.2, 0) is 0 Å². The van der Waals surface area contributed by atoms with Crippen molar-refractivity contribution in [2.75, 3.05) is 0 Å². The van der Waals surface area contributed by atoms with Gasteiger partial charge in [0.05, 0.1) is 0 Å². The van der Waals surface area contributed by atoms with Crippen LogP contribution in [-0.4, -0.2) is 0 Å². The van der Waals surface area contributed by atoms with Crippen molar-refractivity contribution in [2.24, 2.45) is 0 Å². The molecule has 488 valence electrons. The first kappa shape index (κ1) is 65.2. The van der Waals surface area contributed by atoms with Crippen molar-refractivity contribution in [3.63, 3.8) is 0 Å². The lowest BCUT2D eigenvalue weighted by molar-refractivity contribution is 1.51. The zero-order chi connectivity index (χ0) is 68.4. The fourth-order valence-corrected chi connectivity index (χ4v) is 15.6. The van der Waals surface area contributed by atoms with Crippen LogP contribution in [0.1, 0.15) is 63.1 Å². The molecule has 0 radical (unpaired) electrons. The van der Waals surface area contributed by atoms with Gasteiger partial charge in [-0.25, -0.2) is 0 Å². The molecular formula is C101H84. The molecule has 0 aliphatic carbocycles. The van der Waals surface area contributed by atoms with E-state index in [2.05, 4.69) is 373 Å². The van der Waals surface area contributed by atoms with Gasteiger partial charge in [-0.1, -0.05) is 290 Å². The van der Waals surface area contributed by atoms with Gasteiger partial charge in [0.2, 0.25) is 0 Å². The molecule has 0 N–H and O–H groups in total. The third kappa shape index (κ3) is 12.5. The van der Waals surface area contributed by atoms with E-state index in [1.54, 1.807) is 0 Å². The van der Waals surface area contributed by atoms with E-state index < -0.39 is 0 Å². The lowest BCUT2D eigenvalue weighted by atomic mass is 9.95. The number of fused-ring (bicyclic) bond motifs is 21. The van der Waals surface area contributed by atoms with Gasteiger partial charge < -0.3 is 0 Å².